The molecule has 1 aromatic carbocycles. The van der Waals surface area contributed by atoms with Gasteiger partial charge in [-0.05, 0) is 37.0 Å². The molecule has 0 saturated heterocycles. The maximum absolute atomic E-state index is 8.75. The van der Waals surface area contributed by atoms with Gasteiger partial charge in [0.1, 0.15) is 0 Å². The lowest BCUT2D eigenvalue weighted by molar-refractivity contribution is 0.268. The van der Waals surface area contributed by atoms with E-state index in [9.17, 15) is 0 Å². The van der Waals surface area contributed by atoms with E-state index in [-0.39, 0.29) is 5.41 Å². The van der Waals surface area contributed by atoms with Crippen LogP contribution >= 0.6 is 0 Å². The van der Waals surface area contributed by atoms with Gasteiger partial charge in [0.2, 0.25) is 0 Å². The molecule has 0 aromatic heterocycles. The summed E-state index contributed by atoms with van der Waals surface area (Å²) in [6.07, 6.45) is 0. The summed E-state index contributed by atoms with van der Waals surface area (Å²) in [7, 11) is 0. The third-order valence-corrected chi connectivity index (χ3v) is 3.34. The van der Waals surface area contributed by atoms with E-state index in [1.165, 1.54) is 5.56 Å². The molecule has 2 nitrogen and oxygen atoms in total. The van der Waals surface area contributed by atoms with E-state index in [2.05, 4.69) is 46.0 Å². The van der Waals surface area contributed by atoms with Gasteiger partial charge < -0.3 is 5.32 Å². The number of benzene rings is 1. The number of rotatable bonds is 3. The van der Waals surface area contributed by atoms with E-state index >= 15 is 0 Å². The van der Waals surface area contributed by atoms with Crippen LogP contribution in [0.2, 0.25) is 0 Å². The molecule has 1 aromatic rings. The second kappa shape index (κ2) is 5.33. The zero-order valence-electron chi connectivity index (χ0n) is 11.4. The number of nitrogens with zero attached hydrogens (tertiary/aromatic N) is 1. The molecule has 0 spiro atoms. The highest BCUT2D eigenvalue weighted by atomic mass is 15.0. The van der Waals surface area contributed by atoms with Crippen molar-refractivity contribution in [1.29, 1.82) is 5.26 Å². The number of hydrogen-bond donors (Lipinski definition) is 1. The summed E-state index contributed by atoms with van der Waals surface area (Å²) >= 11 is 0. The van der Waals surface area contributed by atoms with Gasteiger partial charge in [-0.2, -0.15) is 5.26 Å². The van der Waals surface area contributed by atoms with Crippen molar-refractivity contribution in [3.63, 3.8) is 0 Å². The molecule has 0 aliphatic rings. The maximum atomic E-state index is 8.75. The molecule has 0 radical (unpaired) electrons. The van der Waals surface area contributed by atoms with Gasteiger partial charge in [-0.1, -0.05) is 32.9 Å². The number of nitriles is 1. The normalized spacial score (nSPS) is 15.1. The first kappa shape index (κ1) is 13.7. The lowest BCUT2D eigenvalue weighted by Gasteiger charge is -2.31. The van der Waals surface area contributed by atoms with Gasteiger partial charge in [0.05, 0.1) is 11.6 Å². The van der Waals surface area contributed by atoms with E-state index in [0.29, 0.717) is 17.6 Å². The fraction of sp³-hybridized carbons (Fsp3) is 0.533. The Hall–Kier alpha value is -1.33. The highest BCUT2D eigenvalue weighted by Gasteiger charge is 2.21. The summed E-state index contributed by atoms with van der Waals surface area (Å²) in [6, 6.07) is 10.7. The zero-order chi connectivity index (χ0) is 13.1. The van der Waals surface area contributed by atoms with E-state index < -0.39 is 0 Å². The van der Waals surface area contributed by atoms with E-state index in [4.69, 9.17) is 5.26 Å². The molecule has 0 bridgehead atoms. The van der Waals surface area contributed by atoms with Crippen LogP contribution in [0.1, 0.15) is 51.8 Å². The van der Waals surface area contributed by atoms with Crippen LogP contribution in [0.4, 0.5) is 0 Å². The molecule has 2 unspecified atom stereocenters. The minimum Gasteiger partial charge on any atom is -0.307 e. The molecule has 0 amide bonds. The van der Waals surface area contributed by atoms with Crippen LogP contribution in [0, 0.1) is 16.7 Å². The minimum atomic E-state index is 0.251. The maximum Gasteiger partial charge on any atom is 0.0991 e. The first-order chi connectivity index (χ1) is 7.84. The molecule has 92 valence electrons. The third-order valence-electron chi connectivity index (χ3n) is 3.34. The summed E-state index contributed by atoms with van der Waals surface area (Å²) in [5.41, 5.74) is 2.19. The fourth-order valence-electron chi connectivity index (χ4n) is 1.57. The summed E-state index contributed by atoms with van der Waals surface area (Å²) in [5, 5.41) is 12.3. The van der Waals surface area contributed by atoms with Gasteiger partial charge in [0, 0.05) is 12.1 Å². The Morgan fingerprint density at radius 2 is 1.65 bits per heavy atom. The van der Waals surface area contributed by atoms with Gasteiger partial charge >= 0.3 is 0 Å². The topological polar surface area (TPSA) is 35.8 Å². The summed E-state index contributed by atoms with van der Waals surface area (Å²) in [4.78, 5) is 0. The van der Waals surface area contributed by atoms with E-state index in [0.717, 1.165) is 0 Å². The van der Waals surface area contributed by atoms with Crippen molar-refractivity contribution in [2.75, 3.05) is 0 Å². The first-order valence-electron chi connectivity index (χ1n) is 6.10. The van der Waals surface area contributed by atoms with Crippen LogP contribution in [0.5, 0.6) is 0 Å². The summed E-state index contributed by atoms with van der Waals surface area (Å²) < 4.78 is 0. The van der Waals surface area contributed by atoms with Crippen molar-refractivity contribution >= 4 is 0 Å². The molecule has 1 rings (SSSR count). The monoisotopic (exact) mass is 230 g/mol. The predicted octanol–water partition coefficient (Wildman–Crippen LogP) is 3.64. The second-order valence-electron chi connectivity index (χ2n) is 5.71. The Labute approximate surface area is 105 Å². The van der Waals surface area contributed by atoms with Crippen LogP contribution in [-0.4, -0.2) is 6.04 Å². The standard InChI is InChI=1S/C15H22N2/c1-11(17-12(2)15(3,4)5)14-8-6-13(10-16)7-9-14/h6-9,11-12,17H,1-5H3. The number of hydrogen-bond acceptors (Lipinski definition) is 2. The van der Waals surface area contributed by atoms with Crippen molar-refractivity contribution < 1.29 is 0 Å². The van der Waals surface area contributed by atoms with Gasteiger partial charge in [0.15, 0.2) is 0 Å². The molecule has 0 fully saturated rings. The van der Waals surface area contributed by atoms with Crippen LogP contribution < -0.4 is 5.32 Å². The SMILES string of the molecule is CC(NC(C)C(C)(C)C)c1ccc(C#N)cc1. The fourth-order valence-corrected chi connectivity index (χ4v) is 1.57. The predicted molar refractivity (Wildman–Crippen MR) is 71.6 cm³/mol. The smallest absolute Gasteiger partial charge is 0.0991 e. The van der Waals surface area contributed by atoms with Crippen LogP contribution in [0.3, 0.4) is 0 Å². The molecule has 0 heterocycles. The molecule has 1 N–H and O–H groups in total. The van der Waals surface area contributed by atoms with Crippen LogP contribution in [0.15, 0.2) is 24.3 Å². The summed E-state index contributed by atoms with van der Waals surface area (Å²) in [6.45, 7) is 11.1. The van der Waals surface area contributed by atoms with Gasteiger partial charge in [-0.25, -0.2) is 0 Å². The Morgan fingerprint density at radius 3 is 2.06 bits per heavy atom. The lowest BCUT2D eigenvalue weighted by atomic mass is 9.87. The Bertz CT molecular complexity index is 392. The highest BCUT2D eigenvalue weighted by Crippen LogP contribution is 2.22. The molecule has 2 atom stereocenters. The average molecular weight is 230 g/mol. The van der Waals surface area contributed by atoms with Crippen molar-refractivity contribution in [3.05, 3.63) is 35.4 Å². The molecule has 0 aliphatic heterocycles. The highest BCUT2D eigenvalue weighted by molar-refractivity contribution is 5.32. The molecule has 0 aliphatic carbocycles. The Kier molecular flexibility index (Phi) is 4.31. The molecular weight excluding hydrogens is 208 g/mol. The van der Waals surface area contributed by atoms with Crippen molar-refractivity contribution in [3.8, 4) is 6.07 Å². The number of nitrogens with one attached hydrogen (secondary N) is 1. The molecule has 17 heavy (non-hydrogen) atoms. The average Bonchev–Trinajstić information content (AvgIpc) is 2.27. The quantitative estimate of drug-likeness (QED) is 0.860. The third kappa shape index (κ3) is 3.87. The summed E-state index contributed by atoms with van der Waals surface area (Å²) in [5.74, 6) is 0. The first-order valence-corrected chi connectivity index (χ1v) is 6.10. The van der Waals surface area contributed by atoms with Gasteiger partial charge in [-0.15, -0.1) is 0 Å². The minimum absolute atomic E-state index is 0.251. The van der Waals surface area contributed by atoms with Crippen LogP contribution in [0.25, 0.3) is 0 Å². The van der Waals surface area contributed by atoms with E-state index in [1.807, 2.05) is 24.3 Å². The second-order valence-corrected chi connectivity index (χ2v) is 5.71. The Balaban J connectivity index is 2.70. The van der Waals surface area contributed by atoms with Crippen molar-refractivity contribution in [2.24, 2.45) is 5.41 Å². The van der Waals surface area contributed by atoms with Gasteiger partial charge in [-0.3, -0.25) is 0 Å². The van der Waals surface area contributed by atoms with Gasteiger partial charge in [0.25, 0.3) is 0 Å². The molecule has 0 saturated carbocycles. The van der Waals surface area contributed by atoms with Crippen molar-refractivity contribution in [1.82, 2.24) is 5.32 Å². The largest absolute Gasteiger partial charge is 0.307 e. The van der Waals surface area contributed by atoms with Crippen molar-refractivity contribution in [2.45, 2.75) is 46.7 Å². The lowest BCUT2D eigenvalue weighted by Crippen LogP contribution is -2.39. The zero-order valence-corrected chi connectivity index (χ0v) is 11.4. The Morgan fingerprint density at radius 1 is 1.12 bits per heavy atom. The molecular formula is C15H22N2. The van der Waals surface area contributed by atoms with E-state index in [1.54, 1.807) is 0 Å². The van der Waals surface area contributed by atoms with Crippen LogP contribution in [-0.2, 0) is 0 Å². The molecule has 2 heteroatoms.